The number of carbonyl (C=O) groups is 1. The third-order valence-electron chi connectivity index (χ3n) is 2.23. The summed E-state index contributed by atoms with van der Waals surface area (Å²) in [6.07, 6.45) is 0.259. The molecule has 0 unspecified atom stereocenters. The molecule has 1 heterocycles. The second-order valence-electron chi connectivity index (χ2n) is 3.67. The summed E-state index contributed by atoms with van der Waals surface area (Å²) >= 11 is 0. The molecule has 0 fully saturated rings. The molecule has 0 saturated carbocycles. The van der Waals surface area contributed by atoms with Crippen LogP contribution >= 0.6 is 0 Å². The summed E-state index contributed by atoms with van der Waals surface area (Å²) in [6.45, 7) is 1.50. The van der Waals surface area contributed by atoms with Crippen LogP contribution in [0, 0.1) is 0 Å². The van der Waals surface area contributed by atoms with E-state index < -0.39 is 0 Å². The number of hydrogen-bond donors (Lipinski definition) is 1. The van der Waals surface area contributed by atoms with Crippen LogP contribution in [-0.2, 0) is 11.2 Å². The number of aromatic nitrogens is 2. The maximum absolute atomic E-state index is 11.6. The number of nitrogens with one attached hydrogen (secondary N) is 1. The summed E-state index contributed by atoms with van der Waals surface area (Å²) < 4.78 is 1.43. The van der Waals surface area contributed by atoms with E-state index >= 15 is 0 Å². The van der Waals surface area contributed by atoms with E-state index in [9.17, 15) is 9.59 Å². The third-order valence-corrected chi connectivity index (χ3v) is 2.23. The number of ketones is 1. The Labute approximate surface area is 92.5 Å². The van der Waals surface area contributed by atoms with Crippen molar-refractivity contribution >= 4 is 5.78 Å². The smallest absolute Gasteiger partial charge is 0.271 e. The molecular weight excluding hydrogens is 204 g/mol. The van der Waals surface area contributed by atoms with E-state index in [0.717, 1.165) is 5.69 Å². The minimum absolute atomic E-state index is 0.0291. The van der Waals surface area contributed by atoms with Crippen molar-refractivity contribution in [2.75, 3.05) is 0 Å². The average molecular weight is 216 g/mol. The Bertz CT molecular complexity index is 552. The van der Waals surface area contributed by atoms with E-state index in [1.165, 1.54) is 17.7 Å². The van der Waals surface area contributed by atoms with Gasteiger partial charge in [0.25, 0.3) is 5.56 Å². The van der Waals surface area contributed by atoms with Crippen molar-refractivity contribution in [1.29, 1.82) is 0 Å². The Morgan fingerprint density at radius 3 is 2.62 bits per heavy atom. The molecule has 4 nitrogen and oxygen atoms in total. The van der Waals surface area contributed by atoms with Crippen LogP contribution < -0.4 is 5.56 Å². The lowest BCUT2D eigenvalue weighted by atomic mass is 10.2. The maximum atomic E-state index is 11.6. The number of carbonyl (C=O) groups excluding carboxylic acids is 1. The molecule has 2 rings (SSSR count). The monoisotopic (exact) mass is 216 g/mol. The molecule has 0 radical (unpaired) electrons. The van der Waals surface area contributed by atoms with Gasteiger partial charge in [0.1, 0.15) is 5.78 Å². The highest BCUT2D eigenvalue weighted by atomic mass is 16.1. The van der Waals surface area contributed by atoms with Gasteiger partial charge in [0.15, 0.2) is 0 Å². The van der Waals surface area contributed by atoms with Crippen molar-refractivity contribution in [3.63, 3.8) is 0 Å². The number of benzene rings is 1. The second-order valence-corrected chi connectivity index (χ2v) is 3.67. The van der Waals surface area contributed by atoms with Crippen molar-refractivity contribution < 1.29 is 4.79 Å². The predicted octanol–water partition coefficient (Wildman–Crippen LogP) is 1.30. The molecule has 1 aromatic carbocycles. The quantitative estimate of drug-likeness (QED) is 0.840. The van der Waals surface area contributed by atoms with E-state index in [4.69, 9.17) is 0 Å². The zero-order valence-electron chi connectivity index (χ0n) is 8.93. The van der Waals surface area contributed by atoms with Gasteiger partial charge in [-0.1, -0.05) is 18.2 Å². The van der Waals surface area contributed by atoms with Crippen LogP contribution in [-0.4, -0.2) is 15.6 Å². The largest absolute Gasteiger partial charge is 0.300 e. The normalized spacial score (nSPS) is 10.3. The van der Waals surface area contributed by atoms with Crippen LogP contribution in [0.1, 0.15) is 12.6 Å². The highest BCUT2D eigenvalue weighted by Gasteiger charge is 2.05. The lowest BCUT2D eigenvalue weighted by molar-refractivity contribution is -0.116. The molecule has 16 heavy (non-hydrogen) atoms. The highest BCUT2D eigenvalue weighted by molar-refractivity contribution is 5.77. The first kappa shape index (κ1) is 10.4. The molecule has 0 atom stereocenters. The minimum Gasteiger partial charge on any atom is -0.300 e. The molecule has 0 aliphatic heterocycles. The molecule has 0 aliphatic rings. The van der Waals surface area contributed by atoms with Gasteiger partial charge in [0, 0.05) is 18.2 Å². The second kappa shape index (κ2) is 4.18. The predicted molar refractivity (Wildman–Crippen MR) is 60.8 cm³/mol. The minimum atomic E-state index is -0.151. The molecule has 0 saturated heterocycles. The zero-order valence-corrected chi connectivity index (χ0v) is 8.93. The van der Waals surface area contributed by atoms with Crippen molar-refractivity contribution in [3.05, 3.63) is 52.4 Å². The molecule has 2 aromatic rings. The lowest BCUT2D eigenvalue weighted by Gasteiger charge is -2.00. The van der Waals surface area contributed by atoms with Gasteiger partial charge < -0.3 is 0 Å². The third kappa shape index (κ3) is 2.11. The van der Waals surface area contributed by atoms with Gasteiger partial charge in [0.05, 0.1) is 5.69 Å². The molecule has 0 aliphatic carbocycles. The zero-order chi connectivity index (χ0) is 11.5. The number of nitrogens with zero attached hydrogens (tertiary/aromatic N) is 1. The summed E-state index contributed by atoms with van der Waals surface area (Å²) in [5.74, 6) is 0.0291. The first-order chi connectivity index (χ1) is 7.66. The molecular formula is C12H12N2O2. The molecule has 1 aromatic heterocycles. The van der Waals surface area contributed by atoms with E-state index in [2.05, 4.69) is 5.10 Å². The van der Waals surface area contributed by atoms with Crippen molar-refractivity contribution in [3.8, 4) is 5.69 Å². The number of Topliss-reactive ketones (excluding diaryl/α,β-unsaturated/α-hetero) is 1. The van der Waals surface area contributed by atoms with Crippen molar-refractivity contribution in [2.24, 2.45) is 0 Å². The van der Waals surface area contributed by atoms with Crippen molar-refractivity contribution in [2.45, 2.75) is 13.3 Å². The van der Waals surface area contributed by atoms with Gasteiger partial charge >= 0.3 is 0 Å². The summed E-state index contributed by atoms with van der Waals surface area (Å²) in [6, 6.07) is 10.7. The van der Waals surface area contributed by atoms with Crippen LogP contribution in [0.3, 0.4) is 0 Å². The Hall–Kier alpha value is -2.10. The summed E-state index contributed by atoms with van der Waals surface area (Å²) in [7, 11) is 0. The molecule has 0 bridgehead atoms. The Morgan fingerprint density at radius 1 is 1.31 bits per heavy atom. The fraction of sp³-hybridized carbons (Fsp3) is 0.167. The first-order valence-corrected chi connectivity index (χ1v) is 5.02. The van der Waals surface area contributed by atoms with Crippen LogP contribution in [0.5, 0.6) is 0 Å². The SMILES string of the molecule is CC(=O)Cc1cc(=O)n(-c2ccccc2)[nH]1. The number of hydrogen-bond acceptors (Lipinski definition) is 2. The summed E-state index contributed by atoms with van der Waals surface area (Å²) in [4.78, 5) is 22.6. The van der Waals surface area contributed by atoms with E-state index in [0.29, 0.717) is 5.69 Å². The van der Waals surface area contributed by atoms with Crippen molar-refractivity contribution in [1.82, 2.24) is 9.78 Å². The topological polar surface area (TPSA) is 54.9 Å². The average Bonchev–Trinajstić information content (AvgIpc) is 2.60. The number of H-pyrrole nitrogens is 1. The Balaban J connectivity index is 2.40. The van der Waals surface area contributed by atoms with E-state index in [1.54, 1.807) is 0 Å². The van der Waals surface area contributed by atoms with E-state index in [1.807, 2.05) is 30.3 Å². The molecule has 82 valence electrons. The maximum Gasteiger partial charge on any atom is 0.271 e. The summed E-state index contributed by atoms with van der Waals surface area (Å²) in [5, 5.41) is 2.91. The number of rotatable bonds is 3. The van der Waals surface area contributed by atoms with Gasteiger partial charge in [-0.25, -0.2) is 4.68 Å². The fourth-order valence-electron chi connectivity index (χ4n) is 1.57. The number of para-hydroxylation sites is 1. The van der Waals surface area contributed by atoms with Gasteiger partial charge in [-0.2, -0.15) is 0 Å². The summed E-state index contributed by atoms with van der Waals surface area (Å²) in [5.41, 5.74) is 1.26. The lowest BCUT2D eigenvalue weighted by Crippen LogP contribution is -2.13. The molecule has 0 amide bonds. The van der Waals surface area contributed by atoms with Gasteiger partial charge in [0.2, 0.25) is 0 Å². The Kier molecular flexibility index (Phi) is 2.72. The van der Waals surface area contributed by atoms with Crippen LogP contribution in [0.15, 0.2) is 41.2 Å². The van der Waals surface area contributed by atoms with E-state index in [-0.39, 0.29) is 17.8 Å². The Morgan fingerprint density at radius 2 is 2.00 bits per heavy atom. The fourth-order valence-corrected chi connectivity index (χ4v) is 1.57. The molecule has 0 spiro atoms. The van der Waals surface area contributed by atoms with Gasteiger partial charge in [-0.15, -0.1) is 0 Å². The van der Waals surface area contributed by atoms with Crippen LogP contribution in [0.4, 0.5) is 0 Å². The van der Waals surface area contributed by atoms with Crippen LogP contribution in [0.2, 0.25) is 0 Å². The first-order valence-electron chi connectivity index (χ1n) is 5.02. The van der Waals surface area contributed by atoms with Gasteiger partial charge in [-0.05, 0) is 19.1 Å². The number of aromatic amines is 1. The molecule has 4 heteroatoms. The molecule has 1 N–H and O–H groups in total. The standard InChI is InChI=1S/C12H12N2O2/c1-9(15)7-10-8-12(16)14(13-10)11-5-3-2-4-6-11/h2-6,8,13H,7H2,1H3. The van der Waals surface area contributed by atoms with Gasteiger partial charge in [-0.3, -0.25) is 14.7 Å². The highest BCUT2D eigenvalue weighted by Crippen LogP contribution is 2.03. The van der Waals surface area contributed by atoms with Crippen LogP contribution in [0.25, 0.3) is 5.69 Å².